The predicted octanol–water partition coefficient (Wildman–Crippen LogP) is 4.72. The summed E-state index contributed by atoms with van der Waals surface area (Å²) in [6.45, 7) is 2.03. The van der Waals surface area contributed by atoms with Gasteiger partial charge in [-0.2, -0.15) is 0 Å². The normalized spacial score (nSPS) is 10.8. The fourth-order valence-electron chi connectivity index (χ4n) is 1.50. The van der Waals surface area contributed by atoms with Gasteiger partial charge in [-0.05, 0) is 42.3 Å². The third-order valence-corrected chi connectivity index (χ3v) is 2.69. The van der Waals surface area contributed by atoms with Gasteiger partial charge in [0.05, 0.1) is 5.69 Å². The number of halogens is 2. The van der Waals surface area contributed by atoms with E-state index in [4.69, 9.17) is 11.6 Å². The van der Waals surface area contributed by atoms with Crippen LogP contribution in [0.4, 0.5) is 0 Å². The molecule has 0 saturated carbocycles. The van der Waals surface area contributed by atoms with Gasteiger partial charge in [0.15, 0.2) is 0 Å². The predicted molar refractivity (Wildman–Crippen MR) is 76.5 cm³/mol. The maximum Gasteiger partial charge on any atom is 0.0658 e. The number of nitrogens with zero attached hydrogens (tertiary/aromatic N) is 1. The SMILES string of the molecule is CC(=Cc1ccccc1Cl)c1ccccn1.Cl. The minimum atomic E-state index is 0. The Morgan fingerprint density at radius 3 is 2.47 bits per heavy atom. The smallest absolute Gasteiger partial charge is 0.0658 e. The molecule has 1 nitrogen and oxygen atoms in total. The van der Waals surface area contributed by atoms with Gasteiger partial charge < -0.3 is 0 Å². The highest BCUT2D eigenvalue weighted by Gasteiger charge is 1.99. The Bertz CT molecular complexity index is 507. The van der Waals surface area contributed by atoms with E-state index in [0.717, 1.165) is 21.9 Å². The van der Waals surface area contributed by atoms with Gasteiger partial charge in [0.2, 0.25) is 0 Å². The molecule has 0 saturated heterocycles. The molecule has 0 atom stereocenters. The molecule has 0 spiro atoms. The van der Waals surface area contributed by atoms with Crippen LogP contribution in [0.25, 0.3) is 11.6 Å². The lowest BCUT2D eigenvalue weighted by Crippen LogP contribution is -1.84. The molecule has 1 aromatic carbocycles. The van der Waals surface area contributed by atoms with Crippen LogP contribution in [-0.2, 0) is 0 Å². The van der Waals surface area contributed by atoms with E-state index in [1.165, 1.54) is 0 Å². The average Bonchev–Trinajstić information content (AvgIpc) is 2.33. The maximum absolute atomic E-state index is 6.09. The van der Waals surface area contributed by atoms with Crippen LogP contribution in [0.3, 0.4) is 0 Å². The average molecular weight is 266 g/mol. The molecule has 1 heterocycles. The van der Waals surface area contributed by atoms with Gasteiger partial charge in [0, 0.05) is 11.2 Å². The molecule has 1 aromatic heterocycles. The Morgan fingerprint density at radius 2 is 1.82 bits per heavy atom. The lowest BCUT2D eigenvalue weighted by atomic mass is 10.1. The van der Waals surface area contributed by atoms with E-state index in [1.807, 2.05) is 55.5 Å². The molecule has 0 amide bonds. The van der Waals surface area contributed by atoms with Gasteiger partial charge >= 0.3 is 0 Å². The van der Waals surface area contributed by atoms with Gasteiger partial charge in [-0.25, -0.2) is 0 Å². The quantitative estimate of drug-likeness (QED) is 0.766. The number of hydrogen-bond donors (Lipinski definition) is 0. The van der Waals surface area contributed by atoms with Crippen molar-refractivity contribution < 1.29 is 0 Å². The second-order valence-electron chi connectivity index (χ2n) is 3.56. The topological polar surface area (TPSA) is 12.9 Å². The molecule has 0 aliphatic carbocycles. The van der Waals surface area contributed by atoms with E-state index < -0.39 is 0 Å². The van der Waals surface area contributed by atoms with E-state index in [1.54, 1.807) is 6.20 Å². The molecule has 88 valence electrons. The Morgan fingerprint density at radius 1 is 1.12 bits per heavy atom. The molecule has 0 unspecified atom stereocenters. The van der Waals surface area contributed by atoms with Crippen LogP contribution >= 0.6 is 24.0 Å². The minimum absolute atomic E-state index is 0. The molecule has 2 aromatic rings. The second-order valence-corrected chi connectivity index (χ2v) is 3.97. The number of benzene rings is 1. The van der Waals surface area contributed by atoms with Crippen LogP contribution in [0, 0.1) is 0 Å². The molecule has 0 fully saturated rings. The Labute approximate surface area is 113 Å². The van der Waals surface area contributed by atoms with Crippen molar-refractivity contribution in [3.8, 4) is 0 Å². The van der Waals surface area contributed by atoms with E-state index in [0.29, 0.717) is 0 Å². The van der Waals surface area contributed by atoms with E-state index >= 15 is 0 Å². The molecule has 2 rings (SSSR count). The third kappa shape index (κ3) is 3.58. The van der Waals surface area contributed by atoms with Gasteiger partial charge in [-0.1, -0.05) is 35.9 Å². The first-order valence-electron chi connectivity index (χ1n) is 5.11. The Kier molecular flexibility index (Phi) is 5.20. The fraction of sp³-hybridized carbons (Fsp3) is 0.0714. The third-order valence-electron chi connectivity index (χ3n) is 2.35. The minimum Gasteiger partial charge on any atom is -0.257 e. The van der Waals surface area contributed by atoms with E-state index in [2.05, 4.69) is 4.98 Å². The van der Waals surface area contributed by atoms with Crippen molar-refractivity contribution in [3.05, 3.63) is 64.9 Å². The van der Waals surface area contributed by atoms with Crippen LogP contribution in [0.15, 0.2) is 48.7 Å². The zero-order valence-electron chi connectivity index (χ0n) is 9.43. The number of aromatic nitrogens is 1. The van der Waals surface area contributed by atoms with Crippen molar-refractivity contribution >= 4 is 35.7 Å². The van der Waals surface area contributed by atoms with Gasteiger partial charge in [-0.3, -0.25) is 4.98 Å². The summed E-state index contributed by atoms with van der Waals surface area (Å²) in [7, 11) is 0. The highest BCUT2D eigenvalue weighted by Crippen LogP contribution is 2.21. The van der Waals surface area contributed by atoms with Crippen LogP contribution in [-0.4, -0.2) is 4.98 Å². The van der Waals surface area contributed by atoms with Crippen molar-refractivity contribution in [3.63, 3.8) is 0 Å². The zero-order valence-corrected chi connectivity index (χ0v) is 11.0. The first kappa shape index (κ1) is 13.8. The van der Waals surface area contributed by atoms with E-state index in [9.17, 15) is 0 Å². The highest BCUT2D eigenvalue weighted by atomic mass is 35.5. The molecule has 3 heteroatoms. The summed E-state index contributed by atoms with van der Waals surface area (Å²) in [6.07, 6.45) is 3.84. The van der Waals surface area contributed by atoms with Crippen molar-refractivity contribution in [2.75, 3.05) is 0 Å². The maximum atomic E-state index is 6.09. The lowest BCUT2D eigenvalue weighted by molar-refractivity contribution is 1.27. The standard InChI is InChI=1S/C14H12ClN.ClH/c1-11(14-8-4-5-9-16-14)10-12-6-2-3-7-13(12)15;/h2-10H,1H3;1H. The summed E-state index contributed by atoms with van der Waals surface area (Å²) in [4.78, 5) is 4.29. The lowest BCUT2D eigenvalue weighted by Gasteiger charge is -2.02. The summed E-state index contributed by atoms with van der Waals surface area (Å²) >= 11 is 6.09. The van der Waals surface area contributed by atoms with Crippen molar-refractivity contribution in [1.82, 2.24) is 4.98 Å². The fourth-order valence-corrected chi connectivity index (χ4v) is 1.69. The Balaban J connectivity index is 0.00000144. The largest absolute Gasteiger partial charge is 0.257 e. The monoisotopic (exact) mass is 265 g/mol. The van der Waals surface area contributed by atoms with Crippen LogP contribution in [0.2, 0.25) is 5.02 Å². The van der Waals surface area contributed by atoms with Crippen molar-refractivity contribution in [2.24, 2.45) is 0 Å². The van der Waals surface area contributed by atoms with Crippen LogP contribution < -0.4 is 0 Å². The van der Waals surface area contributed by atoms with Crippen LogP contribution in [0.5, 0.6) is 0 Å². The highest BCUT2D eigenvalue weighted by molar-refractivity contribution is 6.32. The van der Waals surface area contributed by atoms with Gasteiger partial charge in [0.25, 0.3) is 0 Å². The molecule has 17 heavy (non-hydrogen) atoms. The van der Waals surface area contributed by atoms with Gasteiger partial charge in [-0.15, -0.1) is 12.4 Å². The van der Waals surface area contributed by atoms with Crippen molar-refractivity contribution in [1.29, 1.82) is 0 Å². The number of pyridine rings is 1. The first-order chi connectivity index (χ1) is 7.77. The summed E-state index contributed by atoms with van der Waals surface area (Å²) in [5.74, 6) is 0. The summed E-state index contributed by atoms with van der Waals surface area (Å²) < 4.78 is 0. The Hall–Kier alpha value is -1.31. The molecule has 0 radical (unpaired) electrons. The number of rotatable bonds is 2. The van der Waals surface area contributed by atoms with Crippen molar-refractivity contribution in [2.45, 2.75) is 6.92 Å². The molecular formula is C14H13Cl2N. The molecule has 0 bridgehead atoms. The molecule has 0 aliphatic rings. The van der Waals surface area contributed by atoms with Gasteiger partial charge in [0.1, 0.15) is 0 Å². The zero-order chi connectivity index (χ0) is 11.4. The second kappa shape index (κ2) is 6.43. The first-order valence-corrected chi connectivity index (χ1v) is 5.49. The molecule has 0 aliphatic heterocycles. The number of allylic oxidation sites excluding steroid dienone is 1. The summed E-state index contributed by atoms with van der Waals surface area (Å²) in [6, 6.07) is 13.7. The van der Waals surface area contributed by atoms with E-state index in [-0.39, 0.29) is 12.4 Å². The summed E-state index contributed by atoms with van der Waals surface area (Å²) in [5.41, 5.74) is 3.10. The molecular weight excluding hydrogens is 253 g/mol. The van der Waals surface area contributed by atoms with Crippen LogP contribution in [0.1, 0.15) is 18.2 Å². The molecule has 0 N–H and O–H groups in total. The summed E-state index contributed by atoms with van der Waals surface area (Å²) in [5, 5.41) is 0.762. The number of hydrogen-bond acceptors (Lipinski definition) is 1.